The zero-order valence-corrected chi connectivity index (χ0v) is 9.58. The molecular formula is C13H10N4O. The van der Waals surface area contributed by atoms with Gasteiger partial charge in [-0.2, -0.15) is 15.6 Å². The summed E-state index contributed by atoms with van der Waals surface area (Å²) in [6.07, 6.45) is 1.74. The average molecular weight is 238 g/mol. The van der Waals surface area contributed by atoms with Crippen LogP contribution in [0.1, 0.15) is 0 Å². The number of rotatable bonds is 4. The van der Waals surface area contributed by atoms with Gasteiger partial charge in [0.05, 0.1) is 11.8 Å². The van der Waals surface area contributed by atoms with Gasteiger partial charge in [0.25, 0.3) is 0 Å². The lowest BCUT2D eigenvalue weighted by molar-refractivity contribution is 0.369. The van der Waals surface area contributed by atoms with Crippen LogP contribution in [0, 0.1) is 22.7 Å². The number of hydrogen-bond acceptors (Lipinski definition) is 4. The molecule has 1 heterocycles. The topological polar surface area (TPSA) is 74.6 Å². The van der Waals surface area contributed by atoms with Crippen LogP contribution in [0.4, 0.5) is 0 Å². The van der Waals surface area contributed by atoms with Crippen molar-refractivity contribution in [2.24, 2.45) is 0 Å². The highest BCUT2D eigenvalue weighted by Gasteiger charge is 2.08. The lowest BCUT2D eigenvalue weighted by atomic mass is 10.1. The van der Waals surface area contributed by atoms with Gasteiger partial charge in [-0.1, -0.05) is 12.1 Å². The molecule has 0 fully saturated rings. The summed E-state index contributed by atoms with van der Waals surface area (Å²) >= 11 is 0. The molecule has 0 aliphatic carbocycles. The number of hydrogen-bond donors (Lipinski definition) is 0. The number of aromatic nitrogens is 2. The Bertz CT molecular complexity index is 618. The van der Waals surface area contributed by atoms with Crippen LogP contribution in [0.5, 0.6) is 5.75 Å². The van der Waals surface area contributed by atoms with Gasteiger partial charge in [0.1, 0.15) is 18.4 Å². The van der Waals surface area contributed by atoms with Gasteiger partial charge >= 0.3 is 0 Å². The van der Waals surface area contributed by atoms with Gasteiger partial charge in [-0.3, -0.25) is 4.68 Å². The molecule has 0 N–H and O–H groups in total. The van der Waals surface area contributed by atoms with Crippen molar-refractivity contribution >= 4 is 0 Å². The molecule has 5 heteroatoms. The van der Waals surface area contributed by atoms with Crippen LogP contribution >= 0.6 is 0 Å². The first kappa shape index (κ1) is 11.7. The fraction of sp³-hybridized carbons (Fsp3) is 0.154. The molecule has 2 aromatic rings. The molecule has 2 rings (SSSR count). The second-order valence-electron chi connectivity index (χ2n) is 3.50. The van der Waals surface area contributed by atoms with E-state index in [-0.39, 0.29) is 13.2 Å². The van der Waals surface area contributed by atoms with E-state index >= 15 is 0 Å². The van der Waals surface area contributed by atoms with Crippen LogP contribution < -0.4 is 4.74 Å². The lowest BCUT2D eigenvalue weighted by Gasteiger charge is -2.06. The van der Waals surface area contributed by atoms with Gasteiger partial charge in [-0.05, 0) is 18.2 Å². The summed E-state index contributed by atoms with van der Waals surface area (Å²) in [4.78, 5) is 0. The normalized spacial score (nSPS) is 9.44. The van der Waals surface area contributed by atoms with E-state index in [9.17, 15) is 0 Å². The molecule has 0 radical (unpaired) electrons. The van der Waals surface area contributed by atoms with Crippen molar-refractivity contribution in [2.45, 2.75) is 6.54 Å². The molecule has 5 nitrogen and oxygen atoms in total. The average Bonchev–Trinajstić information content (AvgIpc) is 2.86. The van der Waals surface area contributed by atoms with E-state index < -0.39 is 0 Å². The number of ether oxygens (including phenoxy) is 1. The van der Waals surface area contributed by atoms with Crippen molar-refractivity contribution in [1.29, 1.82) is 10.5 Å². The summed E-state index contributed by atoms with van der Waals surface area (Å²) in [6, 6.07) is 13.1. The smallest absolute Gasteiger partial charge is 0.174 e. The Morgan fingerprint density at radius 1 is 1.17 bits per heavy atom. The summed E-state index contributed by atoms with van der Waals surface area (Å²) in [6.45, 7) is 0.205. The molecule has 0 unspecified atom stereocenters. The molecule has 1 aromatic carbocycles. The quantitative estimate of drug-likeness (QED) is 0.816. The van der Waals surface area contributed by atoms with Crippen molar-refractivity contribution < 1.29 is 4.74 Å². The summed E-state index contributed by atoms with van der Waals surface area (Å²) in [5.41, 5.74) is 1.53. The maximum Gasteiger partial charge on any atom is 0.174 e. The minimum atomic E-state index is -0.00405. The summed E-state index contributed by atoms with van der Waals surface area (Å²) in [5.74, 6) is 0.612. The Balaban J connectivity index is 2.32. The Labute approximate surface area is 104 Å². The molecule has 88 valence electrons. The van der Waals surface area contributed by atoms with Gasteiger partial charge in [0, 0.05) is 11.8 Å². The number of nitrogens with zero attached hydrogens (tertiary/aromatic N) is 4. The van der Waals surface area contributed by atoms with Gasteiger partial charge in [0.2, 0.25) is 0 Å². The third kappa shape index (κ3) is 2.47. The molecule has 0 amide bonds. The largest absolute Gasteiger partial charge is 0.478 e. The Hall–Kier alpha value is -2.79. The molecular weight excluding hydrogens is 228 g/mol. The number of benzene rings is 1. The Morgan fingerprint density at radius 3 is 2.78 bits per heavy atom. The van der Waals surface area contributed by atoms with E-state index in [1.165, 1.54) is 0 Å². The van der Waals surface area contributed by atoms with Crippen LogP contribution in [0.25, 0.3) is 11.3 Å². The zero-order valence-electron chi connectivity index (χ0n) is 9.58. The highest BCUT2D eigenvalue weighted by atomic mass is 16.5. The fourth-order valence-electron chi connectivity index (χ4n) is 1.58. The molecule has 0 bridgehead atoms. The van der Waals surface area contributed by atoms with Crippen molar-refractivity contribution in [1.82, 2.24) is 9.78 Å². The summed E-state index contributed by atoms with van der Waals surface area (Å²) < 4.78 is 6.89. The second-order valence-corrected chi connectivity index (χ2v) is 3.50. The standard InChI is InChI=1S/C13H10N4O/c14-6-9-17-8-5-12(16-17)11-3-1-2-4-13(11)18-10-7-15/h1-5,8H,9-10H2. The predicted octanol–water partition coefficient (Wildman–Crippen LogP) is 1.98. The van der Waals surface area contributed by atoms with Gasteiger partial charge < -0.3 is 4.74 Å². The summed E-state index contributed by atoms with van der Waals surface area (Å²) in [5, 5.41) is 21.4. The molecule has 0 aliphatic heterocycles. The predicted molar refractivity (Wildman–Crippen MR) is 64.4 cm³/mol. The van der Waals surface area contributed by atoms with E-state index in [1.54, 1.807) is 16.9 Å². The van der Waals surface area contributed by atoms with Crippen LogP contribution in [-0.2, 0) is 6.54 Å². The van der Waals surface area contributed by atoms with Crippen LogP contribution in [-0.4, -0.2) is 16.4 Å². The molecule has 18 heavy (non-hydrogen) atoms. The van der Waals surface area contributed by atoms with E-state index in [2.05, 4.69) is 5.10 Å². The third-order valence-corrected chi connectivity index (χ3v) is 2.33. The van der Waals surface area contributed by atoms with Crippen molar-refractivity contribution in [3.63, 3.8) is 0 Å². The highest BCUT2D eigenvalue weighted by molar-refractivity contribution is 5.66. The van der Waals surface area contributed by atoms with Gasteiger partial charge in [-0.25, -0.2) is 0 Å². The maximum atomic E-state index is 8.60. The van der Waals surface area contributed by atoms with Crippen LogP contribution in [0.2, 0.25) is 0 Å². The molecule has 0 atom stereocenters. The molecule has 1 aromatic heterocycles. The summed E-state index contributed by atoms with van der Waals surface area (Å²) in [7, 11) is 0. The molecule has 0 spiro atoms. The van der Waals surface area contributed by atoms with Crippen LogP contribution in [0.15, 0.2) is 36.5 Å². The van der Waals surface area contributed by atoms with E-state index in [4.69, 9.17) is 15.3 Å². The first-order chi connectivity index (χ1) is 8.85. The number of para-hydroxylation sites is 1. The van der Waals surface area contributed by atoms with E-state index in [0.29, 0.717) is 5.75 Å². The number of nitriles is 2. The first-order valence-corrected chi connectivity index (χ1v) is 5.34. The fourth-order valence-corrected chi connectivity index (χ4v) is 1.58. The van der Waals surface area contributed by atoms with E-state index in [0.717, 1.165) is 11.3 Å². The van der Waals surface area contributed by atoms with Crippen molar-refractivity contribution in [2.75, 3.05) is 6.61 Å². The minimum Gasteiger partial charge on any atom is -0.478 e. The van der Waals surface area contributed by atoms with Gasteiger partial charge in [-0.15, -0.1) is 0 Å². The van der Waals surface area contributed by atoms with Gasteiger partial charge in [0.15, 0.2) is 6.61 Å². The van der Waals surface area contributed by atoms with Crippen LogP contribution in [0.3, 0.4) is 0 Å². The monoisotopic (exact) mass is 238 g/mol. The molecule has 0 saturated carbocycles. The maximum absolute atomic E-state index is 8.60. The Morgan fingerprint density at radius 2 is 2.00 bits per heavy atom. The molecule has 0 saturated heterocycles. The highest BCUT2D eigenvalue weighted by Crippen LogP contribution is 2.28. The second kappa shape index (κ2) is 5.51. The zero-order chi connectivity index (χ0) is 12.8. The Kier molecular flexibility index (Phi) is 3.58. The lowest BCUT2D eigenvalue weighted by Crippen LogP contribution is -1.98. The van der Waals surface area contributed by atoms with Crippen molar-refractivity contribution in [3.8, 4) is 29.1 Å². The minimum absolute atomic E-state index is 0.00405. The third-order valence-electron chi connectivity index (χ3n) is 2.33. The van der Waals surface area contributed by atoms with E-state index in [1.807, 2.05) is 36.4 Å². The van der Waals surface area contributed by atoms with Crippen molar-refractivity contribution in [3.05, 3.63) is 36.5 Å². The molecule has 0 aliphatic rings. The first-order valence-electron chi connectivity index (χ1n) is 5.34. The SMILES string of the molecule is N#CCOc1ccccc1-c1ccn(CC#N)n1.